The molecule has 6 heteroatoms. The predicted molar refractivity (Wildman–Crippen MR) is 81.6 cm³/mol. The molecule has 1 aliphatic heterocycles. The van der Waals surface area contributed by atoms with Gasteiger partial charge in [-0.3, -0.25) is 0 Å². The molecule has 0 spiro atoms. The molecule has 0 aromatic heterocycles. The van der Waals surface area contributed by atoms with Gasteiger partial charge in [-0.15, -0.1) is 11.8 Å². The minimum absolute atomic E-state index is 0.0624. The van der Waals surface area contributed by atoms with E-state index in [4.69, 9.17) is 5.73 Å². The smallest absolute Gasteiger partial charge is 0.152 e. The number of thioether (sulfide) groups is 1. The maximum Gasteiger partial charge on any atom is 0.152 e. The van der Waals surface area contributed by atoms with Crippen LogP contribution in [0.1, 0.15) is 12.0 Å². The van der Waals surface area contributed by atoms with E-state index in [0.29, 0.717) is 18.7 Å². The van der Waals surface area contributed by atoms with Crippen LogP contribution in [0, 0.1) is 0 Å². The lowest BCUT2D eigenvalue weighted by Crippen LogP contribution is -2.33. The molecule has 0 amide bonds. The van der Waals surface area contributed by atoms with Gasteiger partial charge in [0.25, 0.3) is 0 Å². The van der Waals surface area contributed by atoms with Crippen LogP contribution in [-0.4, -0.2) is 39.3 Å². The second kappa shape index (κ2) is 5.73. The molecule has 4 nitrogen and oxygen atoms in total. The SMILES string of the molecule is CSc1cccc(N(C)C2CCS(=O)(=O)C2)c1CN. The van der Waals surface area contributed by atoms with E-state index in [1.165, 1.54) is 0 Å². The number of hydrogen-bond acceptors (Lipinski definition) is 5. The van der Waals surface area contributed by atoms with Crippen LogP contribution < -0.4 is 10.6 Å². The Bertz CT molecular complexity index is 558. The van der Waals surface area contributed by atoms with Gasteiger partial charge in [-0.05, 0) is 24.8 Å². The summed E-state index contributed by atoms with van der Waals surface area (Å²) in [5, 5.41) is 0. The molecule has 1 aromatic carbocycles. The van der Waals surface area contributed by atoms with E-state index < -0.39 is 9.84 Å². The first-order valence-electron chi connectivity index (χ1n) is 6.27. The van der Waals surface area contributed by atoms with E-state index in [9.17, 15) is 8.42 Å². The molecule has 1 aliphatic rings. The Balaban J connectivity index is 2.31. The molecule has 1 fully saturated rings. The van der Waals surface area contributed by atoms with Gasteiger partial charge in [-0.25, -0.2) is 8.42 Å². The number of benzene rings is 1. The van der Waals surface area contributed by atoms with E-state index in [-0.39, 0.29) is 11.8 Å². The zero-order valence-electron chi connectivity index (χ0n) is 11.3. The van der Waals surface area contributed by atoms with Crippen LogP contribution in [0.4, 0.5) is 5.69 Å². The second-order valence-electron chi connectivity index (χ2n) is 4.83. The second-order valence-corrected chi connectivity index (χ2v) is 7.91. The number of nitrogens with zero attached hydrogens (tertiary/aromatic N) is 1. The maximum atomic E-state index is 11.6. The zero-order valence-corrected chi connectivity index (χ0v) is 12.9. The number of anilines is 1. The van der Waals surface area contributed by atoms with Gasteiger partial charge in [0.05, 0.1) is 11.5 Å². The monoisotopic (exact) mass is 300 g/mol. The standard InChI is InChI=1S/C13H20N2O2S2/c1-15(10-6-7-19(16,17)9-10)12-4-3-5-13(18-2)11(12)8-14/h3-5,10H,6-9,14H2,1-2H3. The molecule has 0 radical (unpaired) electrons. The highest BCUT2D eigenvalue weighted by Gasteiger charge is 2.31. The van der Waals surface area contributed by atoms with Crippen LogP contribution in [0.5, 0.6) is 0 Å². The first-order valence-corrected chi connectivity index (χ1v) is 9.32. The Hall–Kier alpha value is -0.720. The summed E-state index contributed by atoms with van der Waals surface area (Å²) >= 11 is 1.67. The van der Waals surface area contributed by atoms with Gasteiger partial charge in [0.1, 0.15) is 0 Å². The van der Waals surface area contributed by atoms with Crippen molar-refractivity contribution in [1.29, 1.82) is 0 Å². The number of nitrogens with two attached hydrogens (primary N) is 1. The molecule has 2 N–H and O–H groups in total. The van der Waals surface area contributed by atoms with E-state index in [1.807, 2.05) is 25.4 Å². The number of sulfone groups is 1. The summed E-state index contributed by atoms with van der Waals surface area (Å²) in [6, 6.07) is 6.13. The van der Waals surface area contributed by atoms with Crippen LogP contribution in [0.15, 0.2) is 23.1 Å². The minimum atomic E-state index is -2.86. The summed E-state index contributed by atoms with van der Waals surface area (Å²) in [5.41, 5.74) is 8.01. The Labute approximate surface area is 119 Å². The molecule has 19 heavy (non-hydrogen) atoms. The Morgan fingerprint density at radius 2 is 2.21 bits per heavy atom. The average Bonchev–Trinajstić information content (AvgIpc) is 2.77. The molecule has 1 atom stereocenters. The highest BCUT2D eigenvalue weighted by Crippen LogP contribution is 2.31. The molecule has 0 bridgehead atoms. The lowest BCUT2D eigenvalue weighted by Gasteiger charge is -2.28. The van der Waals surface area contributed by atoms with Crippen LogP contribution in [0.2, 0.25) is 0 Å². The molecule has 2 rings (SSSR count). The molecule has 0 saturated carbocycles. The summed E-state index contributed by atoms with van der Waals surface area (Å²) in [6.45, 7) is 0.468. The van der Waals surface area contributed by atoms with Crippen LogP contribution in [0.3, 0.4) is 0 Å². The van der Waals surface area contributed by atoms with Crippen LogP contribution in [0.25, 0.3) is 0 Å². The van der Waals surface area contributed by atoms with Crippen LogP contribution in [-0.2, 0) is 16.4 Å². The fraction of sp³-hybridized carbons (Fsp3) is 0.538. The van der Waals surface area contributed by atoms with Crippen molar-refractivity contribution in [2.24, 2.45) is 5.73 Å². The van der Waals surface area contributed by atoms with Gasteiger partial charge in [-0.1, -0.05) is 6.07 Å². The molecule has 1 heterocycles. The van der Waals surface area contributed by atoms with Crippen molar-refractivity contribution in [2.75, 3.05) is 29.7 Å². The fourth-order valence-electron chi connectivity index (χ4n) is 2.56. The summed E-state index contributed by atoms with van der Waals surface area (Å²) in [5.74, 6) is 0.541. The Morgan fingerprint density at radius 1 is 1.47 bits per heavy atom. The summed E-state index contributed by atoms with van der Waals surface area (Å²) in [4.78, 5) is 3.24. The maximum absolute atomic E-state index is 11.6. The third kappa shape index (κ3) is 3.07. The normalized spacial score (nSPS) is 21.5. The predicted octanol–water partition coefficient (Wildman–Crippen LogP) is 1.49. The quantitative estimate of drug-likeness (QED) is 0.854. The van der Waals surface area contributed by atoms with E-state index >= 15 is 0 Å². The third-order valence-electron chi connectivity index (χ3n) is 3.67. The van der Waals surface area contributed by atoms with Crippen molar-refractivity contribution in [3.8, 4) is 0 Å². The van der Waals surface area contributed by atoms with Crippen molar-refractivity contribution < 1.29 is 8.42 Å². The summed E-state index contributed by atoms with van der Waals surface area (Å²) in [6.07, 6.45) is 2.73. The van der Waals surface area contributed by atoms with Crippen molar-refractivity contribution in [2.45, 2.75) is 23.9 Å². The van der Waals surface area contributed by atoms with E-state index in [1.54, 1.807) is 11.8 Å². The third-order valence-corrected chi connectivity index (χ3v) is 6.24. The van der Waals surface area contributed by atoms with Crippen molar-refractivity contribution in [3.05, 3.63) is 23.8 Å². The molecule has 1 unspecified atom stereocenters. The molecule has 106 valence electrons. The van der Waals surface area contributed by atoms with Crippen molar-refractivity contribution in [3.63, 3.8) is 0 Å². The van der Waals surface area contributed by atoms with E-state index in [2.05, 4.69) is 11.0 Å². The Morgan fingerprint density at radius 3 is 2.74 bits per heavy atom. The first-order chi connectivity index (χ1) is 8.98. The van der Waals surface area contributed by atoms with E-state index in [0.717, 1.165) is 16.1 Å². The molecular formula is C13H20N2O2S2. The lowest BCUT2D eigenvalue weighted by atomic mass is 10.1. The first kappa shape index (κ1) is 14.7. The summed E-state index contributed by atoms with van der Waals surface area (Å²) in [7, 11) is -0.899. The Kier molecular flexibility index (Phi) is 4.43. The highest BCUT2D eigenvalue weighted by molar-refractivity contribution is 7.98. The zero-order chi connectivity index (χ0) is 14.0. The fourth-order valence-corrected chi connectivity index (χ4v) is 4.98. The molecule has 1 aromatic rings. The van der Waals surface area contributed by atoms with Crippen molar-refractivity contribution in [1.82, 2.24) is 0 Å². The number of rotatable bonds is 4. The van der Waals surface area contributed by atoms with Gasteiger partial charge in [-0.2, -0.15) is 0 Å². The molecule has 0 aliphatic carbocycles. The highest BCUT2D eigenvalue weighted by atomic mass is 32.2. The topological polar surface area (TPSA) is 63.4 Å². The van der Waals surface area contributed by atoms with Gasteiger partial charge in [0.2, 0.25) is 0 Å². The van der Waals surface area contributed by atoms with Crippen LogP contribution >= 0.6 is 11.8 Å². The average molecular weight is 300 g/mol. The molecular weight excluding hydrogens is 280 g/mol. The largest absolute Gasteiger partial charge is 0.370 e. The van der Waals surface area contributed by atoms with Gasteiger partial charge >= 0.3 is 0 Å². The lowest BCUT2D eigenvalue weighted by molar-refractivity contribution is 0.600. The van der Waals surface area contributed by atoms with Crippen molar-refractivity contribution >= 4 is 27.3 Å². The van der Waals surface area contributed by atoms with Gasteiger partial charge < -0.3 is 10.6 Å². The molecule has 1 saturated heterocycles. The summed E-state index contributed by atoms with van der Waals surface area (Å²) < 4.78 is 23.2. The minimum Gasteiger partial charge on any atom is -0.370 e. The van der Waals surface area contributed by atoms with Gasteiger partial charge in [0, 0.05) is 35.8 Å². The number of hydrogen-bond donors (Lipinski definition) is 1. The van der Waals surface area contributed by atoms with Gasteiger partial charge in [0.15, 0.2) is 9.84 Å².